The fourth-order valence-corrected chi connectivity index (χ4v) is 4.66. The molecule has 4 rings (SSSR count). The number of fused-ring (bicyclic) bond motifs is 1. The van der Waals surface area contributed by atoms with Crippen LogP contribution in [0.25, 0.3) is 0 Å². The maximum Gasteiger partial charge on any atom is 0.343 e. The molecule has 3 aromatic carbocycles. The second kappa shape index (κ2) is 7.58. The second-order valence-corrected chi connectivity index (χ2v) is 8.52. The number of carbonyl (C=O) groups excluding carboxylic acids is 1. The van der Waals surface area contributed by atoms with Crippen molar-refractivity contribution in [3.05, 3.63) is 95.6 Å². The van der Waals surface area contributed by atoms with Gasteiger partial charge in [0.25, 0.3) is 0 Å². The quantitative estimate of drug-likeness (QED) is 0.501. The summed E-state index contributed by atoms with van der Waals surface area (Å²) < 4.78 is 32.7. The van der Waals surface area contributed by atoms with Crippen LogP contribution in [0.15, 0.2) is 83.8 Å². The number of nitrogens with zero attached hydrogens (tertiary/aromatic N) is 1. The van der Waals surface area contributed by atoms with Crippen LogP contribution >= 0.6 is 0 Å². The highest BCUT2D eigenvalue weighted by atomic mass is 32.2. The molecule has 0 saturated heterocycles. The van der Waals surface area contributed by atoms with Crippen LogP contribution in [-0.4, -0.2) is 25.2 Å². The van der Waals surface area contributed by atoms with Gasteiger partial charge < -0.3 is 4.74 Å². The van der Waals surface area contributed by atoms with Crippen molar-refractivity contribution < 1.29 is 17.9 Å². The third-order valence-corrected chi connectivity index (χ3v) is 6.64. The average Bonchev–Trinajstić information content (AvgIpc) is 2.74. The molecule has 0 spiro atoms. The van der Waals surface area contributed by atoms with Gasteiger partial charge in [0.15, 0.2) is 0 Å². The van der Waals surface area contributed by atoms with E-state index in [4.69, 9.17) is 4.74 Å². The first kappa shape index (κ1) is 18.4. The van der Waals surface area contributed by atoms with Gasteiger partial charge in [0.2, 0.25) is 10.0 Å². The van der Waals surface area contributed by atoms with E-state index in [1.807, 2.05) is 30.3 Å². The number of hydrogen-bond donors (Lipinski definition) is 0. The lowest BCUT2D eigenvalue weighted by Crippen LogP contribution is -2.35. The number of rotatable bonds is 4. The van der Waals surface area contributed by atoms with Crippen LogP contribution in [-0.2, 0) is 23.0 Å². The SMILES string of the molecule is O=C(Oc1ccccc1)c1ccc(S(=O)(=O)N2CCc3ccccc3C2)cc1. The normalized spacial score (nSPS) is 14.3. The molecule has 1 aliphatic heterocycles. The van der Waals surface area contributed by atoms with Gasteiger partial charge in [0, 0.05) is 13.1 Å². The number of benzene rings is 3. The molecule has 0 saturated carbocycles. The van der Waals surface area contributed by atoms with Crippen LogP contribution in [0.2, 0.25) is 0 Å². The van der Waals surface area contributed by atoms with Crippen LogP contribution < -0.4 is 4.74 Å². The first-order valence-corrected chi connectivity index (χ1v) is 10.4. The molecule has 0 radical (unpaired) electrons. The van der Waals surface area contributed by atoms with Crippen molar-refractivity contribution in [2.75, 3.05) is 6.54 Å². The van der Waals surface area contributed by atoms with Crippen LogP contribution in [0.5, 0.6) is 5.75 Å². The number of sulfonamides is 1. The summed E-state index contributed by atoms with van der Waals surface area (Å²) in [7, 11) is -3.62. The number of carbonyl (C=O) groups is 1. The Kier molecular flexibility index (Phi) is 4.98. The second-order valence-electron chi connectivity index (χ2n) is 6.58. The van der Waals surface area contributed by atoms with E-state index in [0.29, 0.717) is 30.8 Å². The molecule has 1 aliphatic rings. The Hall–Kier alpha value is -2.96. The molecule has 0 N–H and O–H groups in total. The van der Waals surface area contributed by atoms with E-state index in [1.54, 1.807) is 24.3 Å². The summed E-state index contributed by atoms with van der Waals surface area (Å²) in [5.41, 5.74) is 2.51. The van der Waals surface area contributed by atoms with Gasteiger partial charge in [-0.25, -0.2) is 13.2 Å². The monoisotopic (exact) mass is 393 g/mol. The summed E-state index contributed by atoms with van der Waals surface area (Å²) in [4.78, 5) is 12.4. The molecular weight excluding hydrogens is 374 g/mol. The van der Waals surface area contributed by atoms with E-state index < -0.39 is 16.0 Å². The Morgan fingerprint density at radius 2 is 1.46 bits per heavy atom. The summed E-state index contributed by atoms with van der Waals surface area (Å²) in [5.74, 6) is -0.0850. The molecule has 3 aromatic rings. The van der Waals surface area contributed by atoms with E-state index in [1.165, 1.54) is 34.1 Å². The van der Waals surface area contributed by atoms with Crippen molar-refractivity contribution in [3.63, 3.8) is 0 Å². The third kappa shape index (κ3) is 3.69. The maximum atomic E-state index is 13.0. The minimum absolute atomic E-state index is 0.170. The van der Waals surface area contributed by atoms with Crippen LogP contribution in [0.3, 0.4) is 0 Å². The van der Waals surface area contributed by atoms with Gasteiger partial charge in [-0.15, -0.1) is 0 Å². The average molecular weight is 393 g/mol. The van der Waals surface area contributed by atoms with E-state index in [2.05, 4.69) is 0 Å². The summed E-state index contributed by atoms with van der Waals surface area (Å²) in [6, 6.07) is 22.5. The Morgan fingerprint density at radius 1 is 0.821 bits per heavy atom. The molecule has 0 atom stereocenters. The van der Waals surface area contributed by atoms with Crippen molar-refractivity contribution in [1.82, 2.24) is 4.31 Å². The number of esters is 1. The molecule has 0 fully saturated rings. The zero-order valence-corrected chi connectivity index (χ0v) is 15.9. The van der Waals surface area contributed by atoms with Crippen molar-refractivity contribution in [1.29, 1.82) is 0 Å². The van der Waals surface area contributed by atoms with Gasteiger partial charge in [-0.2, -0.15) is 4.31 Å². The molecule has 28 heavy (non-hydrogen) atoms. The van der Waals surface area contributed by atoms with Gasteiger partial charge in [-0.05, 0) is 53.9 Å². The number of hydrogen-bond acceptors (Lipinski definition) is 4. The molecule has 0 amide bonds. The van der Waals surface area contributed by atoms with Crippen LogP contribution in [0.1, 0.15) is 21.5 Å². The topological polar surface area (TPSA) is 63.7 Å². The first-order chi connectivity index (χ1) is 13.5. The van der Waals surface area contributed by atoms with Gasteiger partial charge >= 0.3 is 5.97 Å². The minimum atomic E-state index is -3.62. The van der Waals surface area contributed by atoms with E-state index >= 15 is 0 Å². The van der Waals surface area contributed by atoms with Crippen LogP contribution in [0.4, 0.5) is 0 Å². The Labute approximate surface area is 164 Å². The van der Waals surface area contributed by atoms with Crippen molar-refractivity contribution in [2.24, 2.45) is 0 Å². The lowest BCUT2D eigenvalue weighted by Gasteiger charge is -2.28. The van der Waals surface area contributed by atoms with E-state index in [0.717, 1.165) is 5.56 Å². The molecule has 5 nitrogen and oxygen atoms in total. The fourth-order valence-electron chi connectivity index (χ4n) is 3.24. The van der Waals surface area contributed by atoms with Crippen molar-refractivity contribution in [2.45, 2.75) is 17.9 Å². The molecular formula is C22H19NO4S. The lowest BCUT2D eigenvalue weighted by atomic mass is 10.0. The predicted octanol–water partition coefficient (Wildman–Crippen LogP) is 3.65. The highest BCUT2D eigenvalue weighted by Crippen LogP contribution is 2.25. The number of ether oxygens (including phenoxy) is 1. The highest BCUT2D eigenvalue weighted by molar-refractivity contribution is 7.89. The molecule has 0 aliphatic carbocycles. The summed E-state index contributed by atoms with van der Waals surface area (Å²) in [6.07, 6.45) is 0.691. The molecule has 1 heterocycles. The molecule has 6 heteroatoms. The standard InChI is InChI=1S/C22H19NO4S/c24-22(27-20-8-2-1-3-9-20)18-10-12-21(13-11-18)28(25,26)23-15-14-17-6-4-5-7-19(17)16-23/h1-13H,14-16H2. The number of para-hydroxylation sites is 1. The Morgan fingerprint density at radius 3 is 2.18 bits per heavy atom. The fraction of sp³-hybridized carbons (Fsp3) is 0.136. The highest BCUT2D eigenvalue weighted by Gasteiger charge is 2.28. The summed E-state index contributed by atoms with van der Waals surface area (Å²) >= 11 is 0. The maximum absolute atomic E-state index is 13.0. The van der Waals surface area contributed by atoms with Gasteiger partial charge in [0.1, 0.15) is 5.75 Å². The van der Waals surface area contributed by atoms with E-state index in [-0.39, 0.29) is 4.90 Å². The molecule has 142 valence electrons. The Bertz CT molecular complexity index is 1090. The summed E-state index contributed by atoms with van der Waals surface area (Å²) in [6.45, 7) is 0.799. The van der Waals surface area contributed by atoms with Crippen molar-refractivity contribution in [3.8, 4) is 5.75 Å². The molecule has 0 aromatic heterocycles. The van der Waals surface area contributed by atoms with Crippen molar-refractivity contribution >= 4 is 16.0 Å². The first-order valence-electron chi connectivity index (χ1n) is 8.98. The molecule has 0 bridgehead atoms. The van der Waals surface area contributed by atoms with Gasteiger partial charge in [-0.1, -0.05) is 42.5 Å². The van der Waals surface area contributed by atoms with Gasteiger partial charge in [0.05, 0.1) is 10.5 Å². The minimum Gasteiger partial charge on any atom is -0.423 e. The van der Waals surface area contributed by atoms with Crippen LogP contribution in [0, 0.1) is 0 Å². The zero-order valence-electron chi connectivity index (χ0n) is 15.1. The predicted molar refractivity (Wildman–Crippen MR) is 106 cm³/mol. The zero-order chi connectivity index (χ0) is 19.6. The van der Waals surface area contributed by atoms with Gasteiger partial charge in [-0.3, -0.25) is 0 Å². The lowest BCUT2D eigenvalue weighted by molar-refractivity contribution is 0.0734. The Balaban J connectivity index is 1.51. The largest absolute Gasteiger partial charge is 0.423 e. The summed E-state index contributed by atoms with van der Waals surface area (Å²) in [5, 5.41) is 0. The van der Waals surface area contributed by atoms with E-state index in [9.17, 15) is 13.2 Å². The molecule has 0 unspecified atom stereocenters. The smallest absolute Gasteiger partial charge is 0.343 e. The third-order valence-electron chi connectivity index (χ3n) is 4.78.